The maximum absolute atomic E-state index is 12.6. The molecule has 0 aromatic rings. The summed E-state index contributed by atoms with van der Waals surface area (Å²) in [7, 11) is 0. The van der Waals surface area contributed by atoms with Gasteiger partial charge in [0.2, 0.25) is 0 Å². The van der Waals surface area contributed by atoms with Crippen molar-refractivity contribution >= 4 is 5.97 Å². The van der Waals surface area contributed by atoms with Gasteiger partial charge in [0.25, 0.3) is 0 Å². The Morgan fingerprint density at radius 2 is 1.00 bits per heavy atom. The molecule has 0 amide bonds. The molecule has 4 aliphatic carbocycles. The fourth-order valence-corrected chi connectivity index (χ4v) is 7.47. The normalized spacial score (nSPS) is 42.1. The van der Waals surface area contributed by atoms with Crippen LogP contribution in [-0.4, -0.2) is 12.1 Å². The van der Waals surface area contributed by atoms with Crippen LogP contribution in [0.1, 0.15) is 129 Å². The quantitative estimate of drug-likeness (QED) is 0.396. The number of rotatable bonds is 6. The minimum Gasteiger partial charge on any atom is -0.462 e. The Morgan fingerprint density at radius 1 is 0.581 bits per heavy atom. The standard InChI is InChI=1S/C29H50O2/c1-21-3-13-25(14-4-21)26-15-9-23(10-16-26)7-8-24-11-17-27(18-12-24)29(30)31-28-19-5-22(2)6-20-28/h21-28H,3-20H2,1-2H3. The highest BCUT2D eigenvalue weighted by atomic mass is 16.5. The Bertz CT molecular complexity index is 525. The molecule has 0 unspecified atom stereocenters. The number of ether oxygens (including phenoxy) is 1. The molecule has 4 saturated carbocycles. The SMILES string of the molecule is CC1CCC(OC(=O)C2CCC(CCC3CCC(C4CCC(C)CC4)CC3)CC2)CC1. The molecule has 0 saturated heterocycles. The van der Waals surface area contributed by atoms with Crippen LogP contribution in [0.3, 0.4) is 0 Å². The first-order valence-electron chi connectivity index (χ1n) is 14.3. The van der Waals surface area contributed by atoms with Crippen molar-refractivity contribution in [1.29, 1.82) is 0 Å². The number of hydrogen-bond donors (Lipinski definition) is 0. The van der Waals surface area contributed by atoms with E-state index in [1.165, 1.54) is 89.9 Å². The third-order valence-electron chi connectivity index (χ3n) is 10.0. The Labute approximate surface area is 192 Å². The van der Waals surface area contributed by atoms with Crippen molar-refractivity contribution in [3.05, 3.63) is 0 Å². The molecule has 0 aromatic carbocycles. The maximum atomic E-state index is 12.6. The molecule has 31 heavy (non-hydrogen) atoms. The largest absolute Gasteiger partial charge is 0.462 e. The number of carbonyl (C=O) groups excluding carboxylic acids is 1. The van der Waals surface area contributed by atoms with Crippen molar-refractivity contribution in [3.63, 3.8) is 0 Å². The molecule has 0 spiro atoms. The van der Waals surface area contributed by atoms with Crippen molar-refractivity contribution in [2.24, 2.45) is 41.4 Å². The molecule has 2 heteroatoms. The molecule has 178 valence electrons. The summed E-state index contributed by atoms with van der Waals surface area (Å²) in [5, 5.41) is 0. The first kappa shape index (κ1) is 23.6. The second kappa shape index (κ2) is 11.6. The van der Waals surface area contributed by atoms with Gasteiger partial charge in [-0.15, -0.1) is 0 Å². The van der Waals surface area contributed by atoms with E-state index in [2.05, 4.69) is 13.8 Å². The Balaban J connectivity index is 1.08. The highest BCUT2D eigenvalue weighted by molar-refractivity contribution is 5.72. The van der Waals surface area contributed by atoms with E-state index >= 15 is 0 Å². The predicted octanol–water partition coefficient (Wildman–Crippen LogP) is 8.33. The Hall–Kier alpha value is -0.530. The second-order valence-corrected chi connectivity index (χ2v) is 12.4. The summed E-state index contributed by atoms with van der Waals surface area (Å²) in [6, 6.07) is 0. The van der Waals surface area contributed by atoms with Gasteiger partial charge in [0, 0.05) is 0 Å². The minimum absolute atomic E-state index is 0.133. The van der Waals surface area contributed by atoms with Gasteiger partial charge in [-0.3, -0.25) is 4.79 Å². The predicted molar refractivity (Wildman–Crippen MR) is 129 cm³/mol. The number of esters is 1. The lowest BCUT2D eigenvalue weighted by Gasteiger charge is -2.37. The molecule has 4 rings (SSSR count). The third kappa shape index (κ3) is 6.97. The molecule has 0 aliphatic heterocycles. The van der Waals surface area contributed by atoms with Crippen molar-refractivity contribution < 1.29 is 9.53 Å². The van der Waals surface area contributed by atoms with E-state index in [9.17, 15) is 4.79 Å². The van der Waals surface area contributed by atoms with Crippen molar-refractivity contribution in [1.82, 2.24) is 0 Å². The Morgan fingerprint density at radius 3 is 1.52 bits per heavy atom. The summed E-state index contributed by atoms with van der Waals surface area (Å²) in [6.45, 7) is 4.77. The van der Waals surface area contributed by atoms with Crippen LogP contribution in [0, 0.1) is 41.4 Å². The fraction of sp³-hybridized carbons (Fsp3) is 0.966. The average Bonchev–Trinajstić information content (AvgIpc) is 2.80. The van der Waals surface area contributed by atoms with Crippen molar-refractivity contribution in [3.8, 4) is 0 Å². The summed E-state index contributed by atoms with van der Waals surface area (Å²) in [5.41, 5.74) is 0. The van der Waals surface area contributed by atoms with Gasteiger partial charge in [-0.1, -0.05) is 52.4 Å². The lowest BCUT2D eigenvalue weighted by molar-refractivity contribution is -0.157. The molecule has 0 radical (unpaired) electrons. The summed E-state index contributed by atoms with van der Waals surface area (Å²) in [5.74, 6) is 6.11. The van der Waals surface area contributed by atoms with Crippen LogP contribution in [0.25, 0.3) is 0 Å². The van der Waals surface area contributed by atoms with E-state index in [0.29, 0.717) is 0 Å². The molecule has 0 N–H and O–H groups in total. The topological polar surface area (TPSA) is 26.3 Å². The van der Waals surface area contributed by atoms with Crippen LogP contribution in [0.5, 0.6) is 0 Å². The molecule has 0 bridgehead atoms. The zero-order chi connectivity index (χ0) is 21.6. The first-order valence-corrected chi connectivity index (χ1v) is 14.3. The van der Waals surface area contributed by atoms with Gasteiger partial charge >= 0.3 is 5.97 Å². The summed E-state index contributed by atoms with van der Waals surface area (Å²) in [4.78, 5) is 12.6. The highest BCUT2D eigenvalue weighted by Crippen LogP contribution is 2.43. The maximum Gasteiger partial charge on any atom is 0.309 e. The van der Waals surface area contributed by atoms with Gasteiger partial charge in [-0.2, -0.15) is 0 Å². The molecular weight excluding hydrogens is 380 g/mol. The van der Waals surface area contributed by atoms with Gasteiger partial charge in [0.05, 0.1) is 5.92 Å². The number of carbonyl (C=O) groups is 1. The summed E-state index contributed by atoms with van der Waals surface area (Å²) < 4.78 is 5.90. The summed E-state index contributed by atoms with van der Waals surface area (Å²) in [6.07, 6.45) is 24.4. The lowest BCUT2D eigenvalue weighted by Crippen LogP contribution is -2.30. The van der Waals surface area contributed by atoms with Crippen LogP contribution in [0.4, 0.5) is 0 Å². The van der Waals surface area contributed by atoms with E-state index in [4.69, 9.17) is 4.74 Å². The fourth-order valence-electron chi connectivity index (χ4n) is 7.47. The van der Waals surface area contributed by atoms with E-state index < -0.39 is 0 Å². The third-order valence-corrected chi connectivity index (χ3v) is 10.0. The molecule has 0 atom stereocenters. The van der Waals surface area contributed by atoms with E-state index in [1.807, 2.05) is 0 Å². The van der Waals surface area contributed by atoms with Crippen LogP contribution >= 0.6 is 0 Å². The van der Waals surface area contributed by atoms with Gasteiger partial charge in [-0.25, -0.2) is 0 Å². The monoisotopic (exact) mass is 430 g/mol. The molecule has 0 aromatic heterocycles. The minimum atomic E-state index is 0.133. The molecule has 0 heterocycles. The van der Waals surface area contributed by atoms with E-state index in [0.717, 1.165) is 61.2 Å². The first-order chi connectivity index (χ1) is 15.1. The Kier molecular flexibility index (Phi) is 8.80. The zero-order valence-corrected chi connectivity index (χ0v) is 20.7. The molecule has 4 aliphatic rings. The molecule has 2 nitrogen and oxygen atoms in total. The number of hydrogen-bond acceptors (Lipinski definition) is 2. The smallest absolute Gasteiger partial charge is 0.309 e. The van der Waals surface area contributed by atoms with Crippen LogP contribution < -0.4 is 0 Å². The highest BCUT2D eigenvalue weighted by Gasteiger charge is 2.32. The second-order valence-electron chi connectivity index (χ2n) is 12.4. The van der Waals surface area contributed by atoms with Crippen molar-refractivity contribution in [2.45, 2.75) is 136 Å². The van der Waals surface area contributed by atoms with Crippen LogP contribution in [0.15, 0.2) is 0 Å². The van der Waals surface area contributed by atoms with Gasteiger partial charge in [-0.05, 0) is 113 Å². The van der Waals surface area contributed by atoms with Gasteiger partial charge < -0.3 is 4.74 Å². The average molecular weight is 431 g/mol. The van der Waals surface area contributed by atoms with E-state index in [-0.39, 0.29) is 18.0 Å². The van der Waals surface area contributed by atoms with Crippen molar-refractivity contribution in [2.75, 3.05) is 0 Å². The van der Waals surface area contributed by atoms with Crippen LogP contribution in [-0.2, 0) is 9.53 Å². The van der Waals surface area contributed by atoms with Gasteiger partial charge in [0.1, 0.15) is 6.10 Å². The lowest BCUT2D eigenvalue weighted by atomic mass is 9.68. The zero-order valence-electron chi connectivity index (χ0n) is 20.7. The van der Waals surface area contributed by atoms with Crippen LogP contribution in [0.2, 0.25) is 0 Å². The van der Waals surface area contributed by atoms with E-state index in [1.54, 1.807) is 0 Å². The van der Waals surface area contributed by atoms with Gasteiger partial charge in [0.15, 0.2) is 0 Å². The molecular formula is C29H50O2. The molecule has 4 fully saturated rings. The summed E-state index contributed by atoms with van der Waals surface area (Å²) >= 11 is 0.